The zero-order chi connectivity index (χ0) is 23.4. The van der Waals surface area contributed by atoms with E-state index in [1.165, 1.54) is 18.5 Å². The van der Waals surface area contributed by atoms with Gasteiger partial charge in [0.2, 0.25) is 0 Å². The Morgan fingerprint density at radius 2 is 1.91 bits per heavy atom. The van der Waals surface area contributed by atoms with Crippen LogP contribution in [-0.2, 0) is 11.8 Å². The Balaban J connectivity index is 1.51. The number of carbonyl (C=O) groups excluding carboxylic acids is 2. The maximum Gasteiger partial charge on any atom is 0.341 e. The van der Waals surface area contributed by atoms with Crippen LogP contribution in [0.2, 0.25) is 5.02 Å². The third-order valence-corrected chi connectivity index (χ3v) is 7.06. The lowest BCUT2D eigenvalue weighted by molar-refractivity contribution is -0.153. The van der Waals surface area contributed by atoms with Crippen molar-refractivity contribution in [2.24, 2.45) is 30.4 Å². The number of nitrogens with one attached hydrogen (secondary N) is 1. The fraction of sp³-hybridized carbons (Fsp3) is 0.476. The standard InChI is InChI=1S/C21H23ClF3N5O2/c1-30-9-28-16(17(30)18(31)29-13-2-3-15(23)14(22)6-13)10-4-11-7-20(27,8-12(11)5-10)21(24,25)19(26)32/h2-3,6,9-12H,4-5,7-8,27H2,1H3,(H2,26,32)(H,29,31). The van der Waals surface area contributed by atoms with Gasteiger partial charge in [0.15, 0.2) is 0 Å². The quantitative estimate of drug-likeness (QED) is 0.623. The first kappa shape index (κ1) is 22.6. The second kappa shape index (κ2) is 7.77. The first-order valence-corrected chi connectivity index (χ1v) is 10.5. The molecule has 2 unspecified atom stereocenters. The Hall–Kier alpha value is -2.59. The van der Waals surface area contributed by atoms with Gasteiger partial charge in [-0.2, -0.15) is 8.78 Å². The Kier molecular flexibility index (Phi) is 5.49. The molecule has 1 aromatic heterocycles. The van der Waals surface area contributed by atoms with Crippen molar-refractivity contribution in [3.63, 3.8) is 0 Å². The second-order valence-electron chi connectivity index (χ2n) is 8.86. The number of halogens is 4. The van der Waals surface area contributed by atoms with E-state index >= 15 is 0 Å². The smallest absolute Gasteiger partial charge is 0.341 e. The van der Waals surface area contributed by atoms with E-state index in [9.17, 15) is 22.8 Å². The molecule has 0 bridgehead atoms. The number of hydrogen-bond acceptors (Lipinski definition) is 4. The molecule has 4 rings (SSSR count). The van der Waals surface area contributed by atoms with Crippen LogP contribution in [0.5, 0.6) is 0 Å². The average molecular weight is 470 g/mol. The first-order valence-electron chi connectivity index (χ1n) is 10.2. The predicted octanol–water partition coefficient (Wildman–Crippen LogP) is 3.19. The minimum absolute atomic E-state index is 0.0213. The topological polar surface area (TPSA) is 116 Å². The Morgan fingerprint density at radius 3 is 2.47 bits per heavy atom. The first-order chi connectivity index (χ1) is 14.9. The molecule has 5 N–H and O–H groups in total. The third-order valence-electron chi connectivity index (χ3n) is 6.77. The summed E-state index contributed by atoms with van der Waals surface area (Å²) in [7, 11) is 1.68. The summed E-state index contributed by atoms with van der Waals surface area (Å²) in [6.07, 6.45) is 2.53. The monoisotopic (exact) mass is 469 g/mol. The van der Waals surface area contributed by atoms with Gasteiger partial charge < -0.3 is 21.4 Å². The lowest BCUT2D eigenvalue weighted by Crippen LogP contribution is -2.60. The molecule has 7 nitrogen and oxygen atoms in total. The fourth-order valence-corrected chi connectivity index (χ4v) is 5.42. The number of rotatable bonds is 5. The third kappa shape index (κ3) is 3.65. The lowest BCUT2D eigenvalue weighted by atomic mass is 9.85. The van der Waals surface area contributed by atoms with Gasteiger partial charge in [-0.05, 0) is 55.7 Å². The predicted molar refractivity (Wildman–Crippen MR) is 112 cm³/mol. The summed E-state index contributed by atoms with van der Waals surface area (Å²) in [6.45, 7) is 0. The molecule has 2 aliphatic carbocycles. The van der Waals surface area contributed by atoms with E-state index in [4.69, 9.17) is 23.1 Å². The molecule has 32 heavy (non-hydrogen) atoms. The normalized spacial score (nSPS) is 27.4. The molecule has 0 saturated heterocycles. The summed E-state index contributed by atoms with van der Waals surface area (Å²) in [5.74, 6) is -6.88. The largest absolute Gasteiger partial charge is 0.364 e. The van der Waals surface area contributed by atoms with Gasteiger partial charge >= 0.3 is 5.92 Å². The average Bonchev–Trinajstić information content (AvgIpc) is 3.35. The van der Waals surface area contributed by atoms with Crippen molar-refractivity contribution < 1.29 is 22.8 Å². The number of carbonyl (C=O) groups is 2. The molecule has 2 amide bonds. The van der Waals surface area contributed by atoms with E-state index in [0.717, 1.165) is 6.07 Å². The highest BCUT2D eigenvalue weighted by atomic mass is 35.5. The van der Waals surface area contributed by atoms with E-state index in [1.54, 1.807) is 11.6 Å². The number of aromatic nitrogens is 2. The number of fused-ring (bicyclic) bond motifs is 1. The minimum Gasteiger partial charge on any atom is -0.364 e. The van der Waals surface area contributed by atoms with Crippen LogP contribution in [0, 0.1) is 17.7 Å². The van der Waals surface area contributed by atoms with Gasteiger partial charge in [-0.1, -0.05) is 11.6 Å². The van der Waals surface area contributed by atoms with Gasteiger partial charge in [-0.15, -0.1) is 0 Å². The van der Waals surface area contributed by atoms with Gasteiger partial charge in [0.1, 0.15) is 11.5 Å². The number of nitrogens with two attached hydrogens (primary N) is 2. The van der Waals surface area contributed by atoms with Crippen LogP contribution in [0.15, 0.2) is 24.5 Å². The summed E-state index contributed by atoms with van der Waals surface area (Å²) in [5, 5.41) is 2.58. The number of imidazole rings is 1. The van der Waals surface area contributed by atoms with Gasteiger partial charge in [-0.3, -0.25) is 9.59 Å². The summed E-state index contributed by atoms with van der Waals surface area (Å²) >= 11 is 5.78. The van der Waals surface area contributed by atoms with Crippen LogP contribution >= 0.6 is 11.6 Å². The van der Waals surface area contributed by atoms with Crippen LogP contribution in [0.25, 0.3) is 0 Å². The summed E-state index contributed by atoms with van der Waals surface area (Å²) in [6, 6.07) is 3.86. The van der Waals surface area contributed by atoms with Crippen LogP contribution in [0.3, 0.4) is 0 Å². The minimum atomic E-state index is -3.78. The van der Waals surface area contributed by atoms with E-state index in [1.807, 2.05) is 0 Å². The molecule has 172 valence electrons. The Morgan fingerprint density at radius 1 is 1.28 bits per heavy atom. The highest BCUT2D eigenvalue weighted by molar-refractivity contribution is 6.31. The van der Waals surface area contributed by atoms with Crippen LogP contribution in [0.1, 0.15) is 47.8 Å². The zero-order valence-corrected chi connectivity index (χ0v) is 18.0. The SMILES string of the molecule is Cn1cnc(C2CC3CC(N)(C(F)(F)C(N)=O)CC3C2)c1C(=O)Nc1ccc(F)c(Cl)c1. The van der Waals surface area contributed by atoms with Crippen LogP contribution in [0.4, 0.5) is 18.9 Å². The molecule has 2 fully saturated rings. The van der Waals surface area contributed by atoms with Crippen molar-refractivity contribution in [1.29, 1.82) is 0 Å². The molecule has 0 aliphatic heterocycles. The molecule has 11 heteroatoms. The van der Waals surface area contributed by atoms with Gasteiger partial charge in [0, 0.05) is 18.7 Å². The van der Waals surface area contributed by atoms with Crippen molar-refractivity contribution in [2.75, 3.05) is 5.32 Å². The lowest BCUT2D eigenvalue weighted by Gasteiger charge is -2.32. The number of hydrogen-bond donors (Lipinski definition) is 3. The molecule has 1 aromatic carbocycles. The molecule has 2 aliphatic rings. The van der Waals surface area contributed by atoms with E-state index in [-0.39, 0.29) is 35.6 Å². The van der Waals surface area contributed by atoms with Gasteiger partial charge in [0.05, 0.1) is 22.6 Å². The van der Waals surface area contributed by atoms with Crippen LogP contribution in [-0.4, -0.2) is 32.8 Å². The van der Waals surface area contributed by atoms with Crippen LogP contribution < -0.4 is 16.8 Å². The maximum atomic E-state index is 14.3. The highest BCUT2D eigenvalue weighted by Crippen LogP contribution is 2.56. The molecule has 2 atom stereocenters. The summed E-state index contributed by atoms with van der Waals surface area (Å²) in [5.41, 5.74) is 10.1. The molecule has 2 aromatic rings. The van der Waals surface area contributed by atoms with E-state index in [2.05, 4.69) is 10.3 Å². The summed E-state index contributed by atoms with van der Waals surface area (Å²) < 4.78 is 43.6. The van der Waals surface area contributed by atoms with Crippen molar-refractivity contribution in [3.05, 3.63) is 46.8 Å². The number of primary amides is 1. The zero-order valence-electron chi connectivity index (χ0n) is 17.2. The molecule has 2 saturated carbocycles. The molecule has 0 spiro atoms. The van der Waals surface area contributed by atoms with E-state index in [0.29, 0.717) is 29.9 Å². The number of amides is 2. The Labute approximate surface area is 187 Å². The number of alkyl halides is 2. The Bertz CT molecular complexity index is 1080. The maximum absolute atomic E-state index is 14.3. The van der Waals surface area contributed by atoms with E-state index < -0.39 is 29.1 Å². The van der Waals surface area contributed by atoms with Gasteiger partial charge in [-0.25, -0.2) is 9.37 Å². The number of nitrogens with zero attached hydrogens (tertiary/aromatic N) is 2. The number of aryl methyl sites for hydroxylation is 1. The number of benzene rings is 1. The number of anilines is 1. The van der Waals surface area contributed by atoms with Crippen molar-refractivity contribution in [3.8, 4) is 0 Å². The van der Waals surface area contributed by atoms with Crippen molar-refractivity contribution in [2.45, 2.75) is 43.1 Å². The van der Waals surface area contributed by atoms with Crippen molar-refractivity contribution in [1.82, 2.24) is 9.55 Å². The summed E-state index contributed by atoms with van der Waals surface area (Å²) in [4.78, 5) is 28.6. The second-order valence-corrected chi connectivity index (χ2v) is 9.27. The molecular weight excluding hydrogens is 447 g/mol. The van der Waals surface area contributed by atoms with Gasteiger partial charge in [0.25, 0.3) is 11.8 Å². The molecule has 0 radical (unpaired) electrons. The molecule has 1 heterocycles. The fourth-order valence-electron chi connectivity index (χ4n) is 5.24. The molecular formula is C21H23ClF3N5O2. The highest BCUT2D eigenvalue weighted by Gasteiger charge is 2.62. The van der Waals surface area contributed by atoms with Crippen molar-refractivity contribution >= 4 is 29.1 Å².